The highest BCUT2D eigenvalue weighted by Gasteiger charge is 2.19. The van der Waals surface area contributed by atoms with E-state index >= 15 is 0 Å². The van der Waals surface area contributed by atoms with E-state index in [1.165, 1.54) is 6.33 Å². The Hall–Kier alpha value is -3.09. The Balaban J connectivity index is 1.98. The van der Waals surface area contributed by atoms with Crippen LogP contribution in [0.15, 0.2) is 36.8 Å². The van der Waals surface area contributed by atoms with Gasteiger partial charge < -0.3 is 10.6 Å². The number of benzene rings is 1. The molecule has 3 aromatic heterocycles. The molecule has 4 rings (SSSR count). The zero-order chi connectivity index (χ0) is 17.6. The van der Waals surface area contributed by atoms with Gasteiger partial charge in [-0.1, -0.05) is 12.1 Å². The third kappa shape index (κ3) is 2.39. The molecule has 128 valence electrons. The molecule has 4 aromatic rings. The van der Waals surface area contributed by atoms with Gasteiger partial charge in [0, 0.05) is 23.2 Å². The number of nitrogen functional groups attached to an aromatic ring is 1. The van der Waals surface area contributed by atoms with E-state index in [0.717, 1.165) is 33.2 Å². The summed E-state index contributed by atoms with van der Waals surface area (Å²) in [7, 11) is 0. The van der Waals surface area contributed by atoms with Crippen molar-refractivity contribution in [3.8, 4) is 11.3 Å². The second kappa shape index (κ2) is 5.77. The summed E-state index contributed by atoms with van der Waals surface area (Å²) < 4.78 is 3.66. The average Bonchev–Trinajstić information content (AvgIpc) is 3.17. The molecule has 0 radical (unpaired) electrons. The maximum absolute atomic E-state index is 6.14. The van der Waals surface area contributed by atoms with E-state index in [-0.39, 0.29) is 6.04 Å². The largest absolute Gasteiger partial charge is 0.414 e. The van der Waals surface area contributed by atoms with Gasteiger partial charge in [-0.05, 0) is 32.9 Å². The second-order valence-corrected chi connectivity index (χ2v) is 6.18. The van der Waals surface area contributed by atoms with Crippen molar-refractivity contribution >= 4 is 27.8 Å². The van der Waals surface area contributed by atoms with Gasteiger partial charge in [0.15, 0.2) is 5.65 Å². The van der Waals surface area contributed by atoms with Crippen LogP contribution in [0.4, 0.5) is 5.82 Å². The second-order valence-electron chi connectivity index (χ2n) is 6.18. The molecule has 2 N–H and O–H groups in total. The Bertz CT molecular complexity index is 1060. The standard InChI is InChI=1S/C18H20N6O/c1-4-25-23-8-7-12-5-6-13(9-14(12)23)16-15-17(19)20-10-21-18(15)24(22-16)11(2)3/h5-11H,4H2,1-3H3,(H2,19,20,21). The first kappa shape index (κ1) is 15.4. The zero-order valence-electron chi connectivity index (χ0n) is 14.5. The molecule has 7 heteroatoms. The van der Waals surface area contributed by atoms with E-state index < -0.39 is 0 Å². The summed E-state index contributed by atoms with van der Waals surface area (Å²) in [5, 5.41) is 6.66. The molecule has 0 aliphatic heterocycles. The maximum atomic E-state index is 6.14. The first-order chi connectivity index (χ1) is 12.1. The number of nitrogens with two attached hydrogens (primary N) is 1. The minimum Gasteiger partial charge on any atom is -0.414 e. The molecule has 0 bridgehead atoms. The first-order valence-corrected chi connectivity index (χ1v) is 8.33. The van der Waals surface area contributed by atoms with E-state index in [1.54, 1.807) is 4.73 Å². The van der Waals surface area contributed by atoms with Crippen LogP contribution in [0.2, 0.25) is 0 Å². The van der Waals surface area contributed by atoms with Gasteiger partial charge in [-0.2, -0.15) is 9.83 Å². The zero-order valence-corrected chi connectivity index (χ0v) is 14.5. The summed E-state index contributed by atoms with van der Waals surface area (Å²) >= 11 is 0. The smallest absolute Gasteiger partial charge is 0.164 e. The number of hydrogen-bond acceptors (Lipinski definition) is 5. The van der Waals surface area contributed by atoms with Crippen molar-refractivity contribution in [1.82, 2.24) is 24.5 Å². The number of hydrogen-bond donors (Lipinski definition) is 1. The Morgan fingerprint density at radius 2 is 2.04 bits per heavy atom. The highest BCUT2D eigenvalue weighted by molar-refractivity contribution is 5.99. The van der Waals surface area contributed by atoms with E-state index in [4.69, 9.17) is 15.7 Å². The molecule has 7 nitrogen and oxygen atoms in total. The number of anilines is 1. The minimum atomic E-state index is 0.168. The van der Waals surface area contributed by atoms with Crippen molar-refractivity contribution in [1.29, 1.82) is 0 Å². The molecule has 0 amide bonds. The van der Waals surface area contributed by atoms with Crippen LogP contribution in [0, 0.1) is 0 Å². The van der Waals surface area contributed by atoms with Crippen LogP contribution in [0.25, 0.3) is 33.2 Å². The lowest BCUT2D eigenvalue weighted by molar-refractivity contribution is 0.132. The summed E-state index contributed by atoms with van der Waals surface area (Å²) in [4.78, 5) is 14.2. The molecule has 0 saturated heterocycles. The van der Waals surface area contributed by atoms with Crippen LogP contribution in [0.5, 0.6) is 0 Å². The van der Waals surface area contributed by atoms with Crippen molar-refractivity contribution < 1.29 is 4.84 Å². The fourth-order valence-corrected chi connectivity index (χ4v) is 3.06. The molecule has 3 heterocycles. The Morgan fingerprint density at radius 1 is 1.20 bits per heavy atom. The van der Waals surface area contributed by atoms with Crippen LogP contribution in [-0.2, 0) is 0 Å². The van der Waals surface area contributed by atoms with Crippen molar-refractivity contribution in [3.63, 3.8) is 0 Å². The quantitative estimate of drug-likeness (QED) is 0.619. The van der Waals surface area contributed by atoms with Crippen molar-refractivity contribution in [2.45, 2.75) is 26.8 Å². The summed E-state index contributed by atoms with van der Waals surface area (Å²) in [6, 6.07) is 8.35. The molecule has 25 heavy (non-hydrogen) atoms. The van der Waals surface area contributed by atoms with Gasteiger partial charge in [0.2, 0.25) is 0 Å². The van der Waals surface area contributed by atoms with Gasteiger partial charge in [-0.25, -0.2) is 14.6 Å². The van der Waals surface area contributed by atoms with E-state index in [9.17, 15) is 0 Å². The van der Waals surface area contributed by atoms with Crippen molar-refractivity contribution in [2.24, 2.45) is 0 Å². The van der Waals surface area contributed by atoms with Crippen LogP contribution in [-0.4, -0.2) is 31.1 Å². The van der Waals surface area contributed by atoms with E-state index in [0.29, 0.717) is 12.4 Å². The number of aromatic nitrogens is 5. The molecule has 0 unspecified atom stereocenters. The van der Waals surface area contributed by atoms with Gasteiger partial charge in [0.25, 0.3) is 0 Å². The lowest BCUT2D eigenvalue weighted by Crippen LogP contribution is -2.08. The third-order valence-corrected chi connectivity index (χ3v) is 4.21. The van der Waals surface area contributed by atoms with Crippen molar-refractivity contribution in [3.05, 3.63) is 36.8 Å². The SMILES string of the molecule is CCOn1ccc2ccc(-c3nn(C(C)C)c4ncnc(N)c34)cc21. The van der Waals surface area contributed by atoms with Gasteiger partial charge >= 0.3 is 0 Å². The number of rotatable bonds is 4. The lowest BCUT2D eigenvalue weighted by Gasteiger charge is -2.06. The van der Waals surface area contributed by atoms with E-state index in [1.807, 2.05) is 29.9 Å². The normalized spacial score (nSPS) is 11.7. The molecule has 0 saturated carbocycles. The topological polar surface area (TPSA) is 83.8 Å². The fraction of sp³-hybridized carbons (Fsp3) is 0.278. The Morgan fingerprint density at radius 3 is 2.80 bits per heavy atom. The molecule has 0 spiro atoms. The molecule has 0 atom stereocenters. The summed E-state index contributed by atoms with van der Waals surface area (Å²) in [6.45, 7) is 6.70. The van der Waals surface area contributed by atoms with Gasteiger partial charge in [0.1, 0.15) is 24.4 Å². The van der Waals surface area contributed by atoms with Gasteiger partial charge in [0.05, 0.1) is 10.9 Å². The molecule has 0 aliphatic carbocycles. The Kier molecular flexibility index (Phi) is 3.56. The molecule has 1 aromatic carbocycles. The van der Waals surface area contributed by atoms with E-state index in [2.05, 4.69) is 35.9 Å². The molecule has 0 fully saturated rings. The number of nitrogens with zero attached hydrogens (tertiary/aromatic N) is 5. The summed E-state index contributed by atoms with van der Waals surface area (Å²) in [5.41, 5.74) is 9.62. The Labute approximate surface area is 145 Å². The summed E-state index contributed by atoms with van der Waals surface area (Å²) in [5.74, 6) is 0.437. The minimum absolute atomic E-state index is 0.168. The maximum Gasteiger partial charge on any atom is 0.164 e. The van der Waals surface area contributed by atoms with Gasteiger partial charge in [-0.15, -0.1) is 0 Å². The van der Waals surface area contributed by atoms with Gasteiger partial charge in [-0.3, -0.25) is 0 Å². The number of fused-ring (bicyclic) bond motifs is 2. The average molecular weight is 336 g/mol. The monoisotopic (exact) mass is 336 g/mol. The van der Waals surface area contributed by atoms with Crippen LogP contribution in [0.1, 0.15) is 26.8 Å². The fourth-order valence-electron chi connectivity index (χ4n) is 3.06. The van der Waals surface area contributed by atoms with Crippen LogP contribution < -0.4 is 10.6 Å². The third-order valence-electron chi connectivity index (χ3n) is 4.21. The van der Waals surface area contributed by atoms with Crippen LogP contribution >= 0.6 is 0 Å². The first-order valence-electron chi connectivity index (χ1n) is 8.33. The van der Waals surface area contributed by atoms with Crippen molar-refractivity contribution in [2.75, 3.05) is 12.3 Å². The lowest BCUT2D eigenvalue weighted by atomic mass is 10.1. The molecule has 0 aliphatic rings. The molecular weight excluding hydrogens is 316 g/mol. The predicted molar refractivity (Wildman–Crippen MR) is 98.2 cm³/mol. The molecular formula is C18H20N6O. The van der Waals surface area contributed by atoms with Crippen LogP contribution in [0.3, 0.4) is 0 Å². The highest BCUT2D eigenvalue weighted by atomic mass is 16.7. The summed E-state index contributed by atoms with van der Waals surface area (Å²) in [6.07, 6.45) is 3.39. The predicted octanol–water partition coefficient (Wildman–Crippen LogP) is 3.06. The highest BCUT2D eigenvalue weighted by Crippen LogP contribution is 2.33.